The number of amides is 1. The molecule has 1 aromatic carbocycles. The number of nitrogens with one attached hydrogen (secondary N) is 1. The van der Waals surface area contributed by atoms with Crippen LogP contribution < -0.4 is 5.73 Å². The summed E-state index contributed by atoms with van der Waals surface area (Å²) in [5.41, 5.74) is 8.63. The fourth-order valence-corrected chi connectivity index (χ4v) is 3.01. The van der Waals surface area contributed by atoms with E-state index in [1.165, 1.54) is 17.3 Å². The number of primary amides is 1. The van der Waals surface area contributed by atoms with E-state index in [9.17, 15) is 4.79 Å². The van der Waals surface area contributed by atoms with Crippen LogP contribution in [0.25, 0.3) is 11.0 Å². The van der Waals surface area contributed by atoms with Crippen molar-refractivity contribution in [3.05, 3.63) is 53.9 Å². The molecule has 2 heterocycles. The van der Waals surface area contributed by atoms with Gasteiger partial charge in [0.2, 0.25) is 0 Å². The zero-order chi connectivity index (χ0) is 14.1. The molecule has 2 aromatic heterocycles. The van der Waals surface area contributed by atoms with Gasteiger partial charge in [0, 0.05) is 11.1 Å². The number of fused-ring (bicyclic) bond motifs is 1. The van der Waals surface area contributed by atoms with Crippen molar-refractivity contribution in [3.8, 4) is 0 Å². The van der Waals surface area contributed by atoms with Gasteiger partial charge in [-0.25, -0.2) is 0 Å². The molecule has 0 aliphatic heterocycles. The van der Waals surface area contributed by atoms with Crippen LogP contribution in [0.1, 0.15) is 16.1 Å². The Bertz CT molecular complexity index is 777. The minimum atomic E-state index is -0.474. The summed E-state index contributed by atoms with van der Waals surface area (Å²) in [5, 5.41) is 0. The van der Waals surface area contributed by atoms with Crippen LogP contribution in [0, 0.1) is 6.92 Å². The monoisotopic (exact) mass is 283 g/mol. The summed E-state index contributed by atoms with van der Waals surface area (Å²) in [6.45, 7) is 2.04. The van der Waals surface area contributed by atoms with Crippen LogP contribution in [0.5, 0.6) is 0 Å². The Morgan fingerprint density at radius 1 is 1.25 bits per heavy atom. The quantitative estimate of drug-likeness (QED) is 0.775. The van der Waals surface area contributed by atoms with Gasteiger partial charge in [0.25, 0.3) is 5.91 Å². The second-order valence-corrected chi connectivity index (χ2v) is 5.59. The summed E-state index contributed by atoms with van der Waals surface area (Å²) in [7, 11) is 0. The fourth-order valence-electron chi connectivity index (χ4n) is 1.99. The van der Waals surface area contributed by atoms with E-state index in [4.69, 9.17) is 5.73 Å². The number of carbonyl (C=O) groups excluding carboxylic acids is 1. The van der Waals surface area contributed by atoms with Crippen molar-refractivity contribution in [3.63, 3.8) is 0 Å². The molecule has 0 bridgehead atoms. The number of aryl methyl sites for hydroxylation is 1. The SMILES string of the molecule is Cc1ccc(Sc2c(C(N)=O)[nH]c3cccnc23)cc1. The van der Waals surface area contributed by atoms with Crippen LogP contribution >= 0.6 is 11.8 Å². The number of aromatic amines is 1. The highest BCUT2D eigenvalue weighted by atomic mass is 32.2. The topological polar surface area (TPSA) is 71.8 Å². The van der Waals surface area contributed by atoms with Crippen molar-refractivity contribution >= 4 is 28.7 Å². The molecule has 0 unspecified atom stereocenters. The predicted octanol–water partition coefficient (Wildman–Crippen LogP) is 3.12. The van der Waals surface area contributed by atoms with Gasteiger partial charge in [-0.3, -0.25) is 9.78 Å². The number of carbonyl (C=O) groups is 1. The van der Waals surface area contributed by atoms with Gasteiger partial charge in [-0.1, -0.05) is 29.5 Å². The smallest absolute Gasteiger partial charge is 0.266 e. The highest BCUT2D eigenvalue weighted by Gasteiger charge is 2.17. The summed E-state index contributed by atoms with van der Waals surface area (Å²) in [6.07, 6.45) is 1.71. The molecule has 0 spiro atoms. The Kier molecular flexibility index (Phi) is 3.20. The van der Waals surface area contributed by atoms with Crippen molar-refractivity contribution in [2.45, 2.75) is 16.7 Å². The lowest BCUT2D eigenvalue weighted by Gasteiger charge is -2.02. The Morgan fingerprint density at radius 3 is 2.70 bits per heavy atom. The molecule has 0 saturated heterocycles. The summed E-state index contributed by atoms with van der Waals surface area (Å²) < 4.78 is 0. The van der Waals surface area contributed by atoms with Gasteiger partial charge in [-0.2, -0.15) is 0 Å². The third-order valence-corrected chi connectivity index (χ3v) is 4.11. The third-order valence-electron chi connectivity index (χ3n) is 3.00. The van der Waals surface area contributed by atoms with E-state index < -0.39 is 5.91 Å². The Labute approximate surface area is 120 Å². The zero-order valence-electron chi connectivity index (χ0n) is 10.9. The molecule has 3 aromatic rings. The zero-order valence-corrected chi connectivity index (χ0v) is 11.7. The van der Waals surface area contributed by atoms with E-state index in [1.54, 1.807) is 6.20 Å². The Morgan fingerprint density at radius 2 is 2.00 bits per heavy atom. The van der Waals surface area contributed by atoms with Gasteiger partial charge in [-0.05, 0) is 31.2 Å². The second kappa shape index (κ2) is 5.02. The molecule has 0 saturated carbocycles. The van der Waals surface area contributed by atoms with Crippen LogP contribution in [0.2, 0.25) is 0 Å². The Hall–Kier alpha value is -2.27. The van der Waals surface area contributed by atoms with Gasteiger partial charge in [0.1, 0.15) is 11.2 Å². The number of hydrogen-bond acceptors (Lipinski definition) is 3. The molecule has 0 atom stereocenters. The first-order valence-corrected chi connectivity index (χ1v) is 6.98. The summed E-state index contributed by atoms with van der Waals surface area (Å²) in [5.74, 6) is -0.474. The number of benzene rings is 1. The van der Waals surface area contributed by atoms with Gasteiger partial charge in [-0.15, -0.1) is 0 Å². The van der Waals surface area contributed by atoms with Crippen LogP contribution in [-0.4, -0.2) is 15.9 Å². The molecular weight excluding hydrogens is 270 g/mol. The van der Waals surface area contributed by atoms with E-state index in [2.05, 4.69) is 9.97 Å². The molecule has 20 heavy (non-hydrogen) atoms. The lowest BCUT2D eigenvalue weighted by atomic mass is 10.2. The molecule has 4 nitrogen and oxygen atoms in total. The molecule has 3 rings (SSSR count). The van der Waals surface area contributed by atoms with Crippen LogP contribution in [0.4, 0.5) is 0 Å². The van der Waals surface area contributed by atoms with Crippen molar-refractivity contribution in [2.24, 2.45) is 5.73 Å². The maximum absolute atomic E-state index is 11.6. The number of hydrogen-bond donors (Lipinski definition) is 2. The number of pyridine rings is 1. The van der Waals surface area contributed by atoms with Gasteiger partial charge in [0.05, 0.1) is 10.4 Å². The van der Waals surface area contributed by atoms with Crippen LogP contribution in [0.3, 0.4) is 0 Å². The highest BCUT2D eigenvalue weighted by Crippen LogP contribution is 2.35. The summed E-state index contributed by atoms with van der Waals surface area (Å²) in [6, 6.07) is 11.8. The van der Waals surface area contributed by atoms with Crippen LogP contribution in [-0.2, 0) is 0 Å². The van der Waals surface area contributed by atoms with Crippen molar-refractivity contribution in [1.29, 1.82) is 0 Å². The van der Waals surface area contributed by atoms with E-state index in [0.717, 1.165) is 20.8 Å². The standard InChI is InChI=1S/C15H13N3OS/c1-9-4-6-10(7-5-9)20-14-12-11(3-2-8-17-12)18-13(14)15(16)19/h2-8,18H,1H3,(H2,16,19). The number of H-pyrrole nitrogens is 1. The number of aromatic nitrogens is 2. The van der Waals surface area contributed by atoms with E-state index in [-0.39, 0.29) is 0 Å². The Balaban J connectivity index is 2.11. The van der Waals surface area contributed by atoms with Crippen molar-refractivity contribution < 1.29 is 4.79 Å². The van der Waals surface area contributed by atoms with Gasteiger partial charge in [0.15, 0.2) is 0 Å². The first-order chi connectivity index (χ1) is 9.65. The molecule has 0 radical (unpaired) electrons. The maximum atomic E-state index is 11.6. The van der Waals surface area contributed by atoms with Crippen LogP contribution in [0.15, 0.2) is 52.4 Å². The average molecular weight is 283 g/mol. The molecule has 1 amide bonds. The molecule has 0 fully saturated rings. The van der Waals surface area contributed by atoms with E-state index >= 15 is 0 Å². The molecule has 5 heteroatoms. The van der Waals surface area contributed by atoms with Gasteiger partial charge >= 0.3 is 0 Å². The molecular formula is C15H13N3OS. The number of nitrogens with two attached hydrogens (primary N) is 1. The minimum Gasteiger partial charge on any atom is -0.364 e. The number of rotatable bonds is 3. The van der Waals surface area contributed by atoms with E-state index in [0.29, 0.717) is 5.69 Å². The summed E-state index contributed by atoms with van der Waals surface area (Å²) >= 11 is 1.49. The molecule has 0 aliphatic carbocycles. The first kappa shape index (κ1) is 12.7. The molecule has 100 valence electrons. The highest BCUT2D eigenvalue weighted by molar-refractivity contribution is 7.99. The summed E-state index contributed by atoms with van der Waals surface area (Å²) in [4.78, 5) is 20.8. The minimum absolute atomic E-state index is 0.407. The third kappa shape index (κ3) is 2.28. The maximum Gasteiger partial charge on any atom is 0.266 e. The molecule has 3 N–H and O–H groups in total. The van der Waals surface area contributed by atoms with Crippen molar-refractivity contribution in [1.82, 2.24) is 9.97 Å². The number of nitrogens with zero attached hydrogens (tertiary/aromatic N) is 1. The predicted molar refractivity (Wildman–Crippen MR) is 79.9 cm³/mol. The van der Waals surface area contributed by atoms with Crippen molar-refractivity contribution in [2.75, 3.05) is 0 Å². The lowest BCUT2D eigenvalue weighted by molar-refractivity contribution is 0.0993. The first-order valence-electron chi connectivity index (χ1n) is 6.16. The largest absolute Gasteiger partial charge is 0.364 e. The van der Waals surface area contributed by atoms with E-state index in [1.807, 2.05) is 43.3 Å². The normalized spacial score (nSPS) is 10.8. The van der Waals surface area contributed by atoms with Gasteiger partial charge < -0.3 is 10.7 Å². The fraction of sp³-hybridized carbons (Fsp3) is 0.0667. The lowest BCUT2D eigenvalue weighted by Crippen LogP contribution is -2.12. The molecule has 0 aliphatic rings. The second-order valence-electron chi connectivity index (χ2n) is 4.51. The average Bonchev–Trinajstić information content (AvgIpc) is 2.81.